The van der Waals surface area contributed by atoms with Gasteiger partial charge in [-0.25, -0.2) is 0 Å². The third kappa shape index (κ3) is 1.61. The fourth-order valence-corrected chi connectivity index (χ4v) is 1.37. The lowest BCUT2D eigenvalue weighted by molar-refractivity contribution is 0.286. The molecule has 0 aromatic carbocycles. The molecular weight excluding hydrogens is 196 g/mol. The molecule has 1 N–H and O–H groups in total. The fraction of sp³-hybridized carbons (Fsp3) is 0.429. The second-order valence-corrected chi connectivity index (χ2v) is 2.91. The number of aliphatic hydroxyl groups excluding tert-OH is 1. The van der Waals surface area contributed by atoms with Gasteiger partial charge in [0.05, 0.1) is 6.61 Å². The van der Waals surface area contributed by atoms with Gasteiger partial charge in [-0.1, -0.05) is 0 Å². The zero-order chi connectivity index (χ0) is 7.56. The largest absolute Gasteiger partial charge is 0.454 e. The molecule has 0 atom stereocenters. The maximum atomic E-state index is 8.58. The number of halogens is 1. The Labute approximate surface area is 68.0 Å². The van der Waals surface area contributed by atoms with E-state index < -0.39 is 0 Å². The molecule has 2 nitrogen and oxygen atoms in total. The Morgan fingerprint density at radius 2 is 2.40 bits per heavy atom. The summed E-state index contributed by atoms with van der Waals surface area (Å²) in [6.07, 6.45) is 0.595. The summed E-state index contributed by atoms with van der Waals surface area (Å²) in [5.41, 5.74) is 1.08. The molecule has 0 saturated carbocycles. The van der Waals surface area contributed by atoms with Gasteiger partial charge in [-0.2, -0.15) is 0 Å². The van der Waals surface area contributed by atoms with Crippen molar-refractivity contribution < 1.29 is 9.52 Å². The quantitative estimate of drug-likeness (QED) is 0.799. The van der Waals surface area contributed by atoms with Crippen LogP contribution in [0.2, 0.25) is 0 Å². The minimum atomic E-state index is 0.140. The SMILES string of the molecule is Cc1cc(Br)oc1CCO. The monoisotopic (exact) mass is 204 g/mol. The second kappa shape index (κ2) is 3.21. The van der Waals surface area contributed by atoms with E-state index >= 15 is 0 Å². The van der Waals surface area contributed by atoms with Gasteiger partial charge in [-0.15, -0.1) is 0 Å². The molecule has 10 heavy (non-hydrogen) atoms. The van der Waals surface area contributed by atoms with Gasteiger partial charge in [-0.05, 0) is 34.5 Å². The summed E-state index contributed by atoms with van der Waals surface area (Å²) < 4.78 is 5.94. The van der Waals surface area contributed by atoms with Gasteiger partial charge in [0.1, 0.15) is 5.76 Å². The Morgan fingerprint density at radius 3 is 2.80 bits per heavy atom. The van der Waals surface area contributed by atoms with E-state index in [2.05, 4.69) is 15.9 Å². The molecule has 3 heteroatoms. The lowest BCUT2D eigenvalue weighted by Crippen LogP contribution is -1.89. The van der Waals surface area contributed by atoms with Crippen LogP contribution in [-0.2, 0) is 6.42 Å². The molecule has 0 aliphatic carbocycles. The van der Waals surface area contributed by atoms with Crippen LogP contribution in [0.4, 0.5) is 0 Å². The Bertz CT molecular complexity index is 217. The Balaban J connectivity index is 2.81. The Hall–Kier alpha value is -0.280. The van der Waals surface area contributed by atoms with Crippen LogP contribution >= 0.6 is 15.9 Å². The van der Waals surface area contributed by atoms with Crippen molar-refractivity contribution in [2.75, 3.05) is 6.61 Å². The van der Waals surface area contributed by atoms with Crippen molar-refractivity contribution in [2.24, 2.45) is 0 Å². The molecule has 0 amide bonds. The fourth-order valence-electron chi connectivity index (χ4n) is 0.828. The van der Waals surface area contributed by atoms with Crippen molar-refractivity contribution >= 4 is 15.9 Å². The van der Waals surface area contributed by atoms with Gasteiger partial charge < -0.3 is 9.52 Å². The minimum Gasteiger partial charge on any atom is -0.454 e. The maximum Gasteiger partial charge on any atom is 0.169 e. The van der Waals surface area contributed by atoms with Crippen molar-refractivity contribution in [3.63, 3.8) is 0 Å². The van der Waals surface area contributed by atoms with Crippen LogP contribution in [0.15, 0.2) is 15.2 Å². The molecule has 0 radical (unpaired) electrons. The van der Waals surface area contributed by atoms with Crippen LogP contribution in [0, 0.1) is 6.92 Å². The molecule has 1 rings (SSSR count). The molecule has 1 aromatic heterocycles. The van der Waals surface area contributed by atoms with Gasteiger partial charge in [0.2, 0.25) is 0 Å². The summed E-state index contributed by atoms with van der Waals surface area (Å²) in [4.78, 5) is 0. The highest BCUT2D eigenvalue weighted by Crippen LogP contribution is 2.19. The molecule has 0 aliphatic heterocycles. The highest BCUT2D eigenvalue weighted by molar-refractivity contribution is 9.10. The van der Waals surface area contributed by atoms with Crippen LogP contribution in [0.5, 0.6) is 0 Å². The lowest BCUT2D eigenvalue weighted by atomic mass is 10.2. The number of hydrogen-bond donors (Lipinski definition) is 1. The first-order valence-electron chi connectivity index (χ1n) is 3.09. The number of hydrogen-bond acceptors (Lipinski definition) is 2. The predicted molar refractivity (Wildman–Crippen MR) is 41.9 cm³/mol. The van der Waals surface area contributed by atoms with Gasteiger partial charge in [-0.3, -0.25) is 0 Å². The average Bonchev–Trinajstić information content (AvgIpc) is 2.13. The third-order valence-electron chi connectivity index (χ3n) is 1.33. The second-order valence-electron chi connectivity index (χ2n) is 2.13. The van der Waals surface area contributed by atoms with E-state index in [4.69, 9.17) is 9.52 Å². The molecule has 0 aliphatic rings. The Morgan fingerprint density at radius 1 is 1.70 bits per heavy atom. The van der Waals surface area contributed by atoms with Gasteiger partial charge in [0.25, 0.3) is 0 Å². The molecule has 1 aromatic rings. The highest BCUT2D eigenvalue weighted by Gasteiger charge is 2.03. The smallest absolute Gasteiger partial charge is 0.169 e. The number of furan rings is 1. The Kier molecular flexibility index (Phi) is 2.51. The van der Waals surface area contributed by atoms with E-state index in [1.807, 2.05) is 13.0 Å². The topological polar surface area (TPSA) is 33.4 Å². The molecule has 0 unspecified atom stereocenters. The predicted octanol–water partition coefficient (Wildman–Crippen LogP) is 1.89. The zero-order valence-corrected chi connectivity index (χ0v) is 7.31. The van der Waals surface area contributed by atoms with Gasteiger partial charge in [0.15, 0.2) is 4.67 Å². The first-order chi connectivity index (χ1) is 4.74. The summed E-state index contributed by atoms with van der Waals surface area (Å²) in [7, 11) is 0. The van der Waals surface area contributed by atoms with E-state index in [0.29, 0.717) is 6.42 Å². The first kappa shape index (κ1) is 7.82. The van der Waals surface area contributed by atoms with E-state index in [9.17, 15) is 0 Å². The third-order valence-corrected chi connectivity index (χ3v) is 1.72. The molecule has 0 spiro atoms. The molecule has 0 fully saturated rings. The van der Waals surface area contributed by atoms with Crippen molar-refractivity contribution in [2.45, 2.75) is 13.3 Å². The molecule has 1 heterocycles. The number of aliphatic hydroxyl groups is 1. The summed E-state index contributed by atoms with van der Waals surface area (Å²) in [5, 5.41) is 8.58. The molecular formula is C7H9BrO2. The van der Waals surface area contributed by atoms with E-state index in [0.717, 1.165) is 16.0 Å². The molecule has 56 valence electrons. The molecule has 0 saturated heterocycles. The standard InChI is InChI=1S/C7H9BrO2/c1-5-4-7(8)10-6(5)2-3-9/h4,9H,2-3H2,1H3. The van der Waals surface area contributed by atoms with Crippen molar-refractivity contribution in [3.8, 4) is 0 Å². The van der Waals surface area contributed by atoms with Crippen LogP contribution < -0.4 is 0 Å². The maximum absolute atomic E-state index is 8.58. The summed E-state index contributed by atoms with van der Waals surface area (Å²) in [5.74, 6) is 0.856. The number of rotatable bonds is 2. The van der Waals surface area contributed by atoms with Gasteiger partial charge >= 0.3 is 0 Å². The van der Waals surface area contributed by atoms with Crippen molar-refractivity contribution in [1.29, 1.82) is 0 Å². The van der Waals surface area contributed by atoms with E-state index in [-0.39, 0.29) is 6.61 Å². The highest BCUT2D eigenvalue weighted by atomic mass is 79.9. The van der Waals surface area contributed by atoms with E-state index in [1.54, 1.807) is 0 Å². The summed E-state index contributed by atoms with van der Waals surface area (Å²) >= 11 is 3.20. The van der Waals surface area contributed by atoms with Crippen molar-refractivity contribution in [1.82, 2.24) is 0 Å². The van der Waals surface area contributed by atoms with E-state index in [1.165, 1.54) is 0 Å². The van der Waals surface area contributed by atoms with Crippen LogP contribution in [0.3, 0.4) is 0 Å². The lowest BCUT2D eigenvalue weighted by Gasteiger charge is -1.91. The summed E-state index contributed by atoms with van der Waals surface area (Å²) in [6.45, 7) is 2.10. The molecule has 0 bridgehead atoms. The first-order valence-corrected chi connectivity index (χ1v) is 3.89. The van der Waals surface area contributed by atoms with Crippen LogP contribution in [0.1, 0.15) is 11.3 Å². The van der Waals surface area contributed by atoms with Crippen LogP contribution in [-0.4, -0.2) is 11.7 Å². The van der Waals surface area contributed by atoms with Crippen LogP contribution in [0.25, 0.3) is 0 Å². The van der Waals surface area contributed by atoms with Gasteiger partial charge in [0, 0.05) is 6.42 Å². The number of aryl methyl sites for hydroxylation is 1. The normalized spacial score (nSPS) is 10.3. The zero-order valence-electron chi connectivity index (χ0n) is 5.72. The minimum absolute atomic E-state index is 0.140. The average molecular weight is 205 g/mol. The van der Waals surface area contributed by atoms with Crippen molar-refractivity contribution in [3.05, 3.63) is 22.1 Å². The summed E-state index contributed by atoms with van der Waals surface area (Å²) in [6, 6.07) is 1.89.